The van der Waals surface area contributed by atoms with E-state index in [1.165, 1.54) is 34.3 Å². The van der Waals surface area contributed by atoms with Crippen molar-refractivity contribution in [1.29, 1.82) is 0 Å². The minimum atomic E-state index is -1.19. The molecule has 0 aliphatic carbocycles. The van der Waals surface area contributed by atoms with Gasteiger partial charge in [-0.3, -0.25) is 43.2 Å². The molecule has 0 saturated carbocycles. The van der Waals surface area contributed by atoms with Gasteiger partial charge in [0.1, 0.15) is 0 Å². The van der Waals surface area contributed by atoms with Gasteiger partial charge in [0.15, 0.2) is 0 Å². The number of hydrogen-bond donors (Lipinski definition) is 5. The average molecular weight is 1440 g/mol. The smallest absolute Gasteiger partial charge is 0.305 e. The number of nitrogens with two attached hydrogens (primary N) is 3. The van der Waals surface area contributed by atoms with Crippen LogP contribution in [0, 0.1) is 0 Å². The predicted molar refractivity (Wildman–Crippen MR) is 413 cm³/mol. The largest absolute Gasteiger partial charge is 0.481 e. The summed E-state index contributed by atoms with van der Waals surface area (Å²) in [5.74, 6) is -5.71. The van der Waals surface area contributed by atoms with E-state index in [1.54, 1.807) is 7.05 Å². The SMILES string of the molecule is CN(CCc1ccc(-c2ccccc2)cc1)C(=O)CN(CCC(=O)O)C(=O)CN(CCc1ccccc1)C(=O)CN(CCc1ccc(-c2ccccc2)cc1)C(=O)CN(CCN)C(=O)CN(CCc1ccccc1)C(=O)CN(CCN)C(=O)CN(CCc1ccc(-c2ccccc2)cc1)C(=O)CNCCN. The fourth-order valence-electron chi connectivity index (χ4n) is 12.1. The first-order valence-corrected chi connectivity index (χ1v) is 36.2. The Hall–Kier alpha value is -11.2. The van der Waals surface area contributed by atoms with Gasteiger partial charge < -0.3 is 66.8 Å². The Morgan fingerprint density at radius 3 is 0.821 bits per heavy atom. The van der Waals surface area contributed by atoms with Crippen LogP contribution in [0.15, 0.2) is 224 Å². The van der Waals surface area contributed by atoms with Crippen molar-refractivity contribution in [3.63, 3.8) is 0 Å². The molecule has 556 valence electrons. The number of amides is 8. The molecule has 8 N–H and O–H groups in total. The Morgan fingerprint density at radius 1 is 0.283 bits per heavy atom. The molecule has 22 nitrogen and oxygen atoms in total. The lowest BCUT2D eigenvalue weighted by molar-refractivity contribution is -0.148. The number of nitrogens with one attached hydrogen (secondary N) is 1. The highest BCUT2D eigenvalue weighted by atomic mass is 16.4. The molecule has 0 unspecified atom stereocenters. The number of nitrogens with zero attached hydrogens (tertiary/aromatic N) is 8. The van der Waals surface area contributed by atoms with Crippen molar-refractivity contribution in [2.45, 2.75) is 38.5 Å². The van der Waals surface area contributed by atoms with Crippen molar-refractivity contribution in [2.24, 2.45) is 17.2 Å². The van der Waals surface area contributed by atoms with Crippen LogP contribution in [0.1, 0.15) is 34.2 Å². The number of carboxylic acids is 1. The van der Waals surface area contributed by atoms with E-state index in [9.17, 15) is 38.7 Å². The van der Waals surface area contributed by atoms with Gasteiger partial charge >= 0.3 is 5.97 Å². The molecule has 8 rings (SSSR count). The van der Waals surface area contributed by atoms with E-state index in [0.29, 0.717) is 38.9 Å². The van der Waals surface area contributed by atoms with Gasteiger partial charge in [0, 0.05) is 85.6 Å². The third-order valence-electron chi connectivity index (χ3n) is 18.5. The summed E-state index contributed by atoms with van der Waals surface area (Å²) < 4.78 is 0. The second-order valence-electron chi connectivity index (χ2n) is 26.1. The molecule has 106 heavy (non-hydrogen) atoms. The molecule has 0 atom stereocenters. The van der Waals surface area contributed by atoms with Crippen LogP contribution in [0.2, 0.25) is 0 Å². The monoisotopic (exact) mass is 1440 g/mol. The van der Waals surface area contributed by atoms with Gasteiger partial charge in [0.25, 0.3) is 0 Å². The Labute approximate surface area is 622 Å². The number of hydrogen-bond acceptors (Lipinski definition) is 13. The summed E-state index contributed by atoms with van der Waals surface area (Å²) in [4.78, 5) is 140. The lowest BCUT2D eigenvalue weighted by Crippen LogP contribution is -2.53. The van der Waals surface area contributed by atoms with Crippen LogP contribution in [-0.4, -0.2) is 235 Å². The number of likely N-dealkylation sites (N-methyl/N-ethyl adjacent to an activating group) is 1. The summed E-state index contributed by atoms with van der Waals surface area (Å²) in [7, 11) is 1.62. The van der Waals surface area contributed by atoms with Crippen molar-refractivity contribution in [2.75, 3.05) is 138 Å². The van der Waals surface area contributed by atoms with Crippen molar-refractivity contribution >= 4 is 53.2 Å². The van der Waals surface area contributed by atoms with Crippen molar-refractivity contribution in [1.82, 2.24) is 44.5 Å². The predicted octanol–water partition coefficient (Wildman–Crippen LogP) is 6.40. The van der Waals surface area contributed by atoms with Crippen LogP contribution in [0.25, 0.3) is 33.4 Å². The van der Waals surface area contributed by atoms with E-state index < -0.39 is 93.0 Å². The molecule has 0 aliphatic rings. The number of aliphatic carboxylic acids is 1. The van der Waals surface area contributed by atoms with Gasteiger partial charge in [0.05, 0.1) is 58.8 Å². The van der Waals surface area contributed by atoms with E-state index in [1.807, 2.05) is 224 Å². The topological polar surface area (TPSA) is 290 Å². The highest BCUT2D eigenvalue weighted by Crippen LogP contribution is 2.23. The van der Waals surface area contributed by atoms with E-state index in [2.05, 4.69) is 5.32 Å². The van der Waals surface area contributed by atoms with Crippen LogP contribution in [0.3, 0.4) is 0 Å². The number of carboxylic acid groups (broad SMARTS) is 1. The van der Waals surface area contributed by atoms with Gasteiger partial charge in [-0.2, -0.15) is 0 Å². The third kappa shape index (κ3) is 26.5. The van der Waals surface area contributed by atoms with Gasteiger partial charge in [-0.05, 0) is 93.3 Å². The van der Waals surface area contributed by atoms with Crippen LogP contribution >= 0.6 is 0 Å². The summed E-state index contributed by atoms with van der Waals surface area (Å²) in [5, 5.41) is 12.9. The lowest BCUT2D eigenvalue weighted by Gasteiger charge is -2.32. The van der Waals surface area contributed by atoms with E-state index in [0.717, 1.165) is 66.1 Å². The maximum atomic E-state index is 15.2. The van der Waals surface area contributed by atoms with E-state index in [4.69, 9.17) is 17.2 Å². The quantitative estimate of drug-likeness (QED) is 0.0259. The third-order valence-corrected chi connectivity index (χ3v) is 18.5. The van der Waals surface area contributed by atoms with Crippen LogP contribution < -0.4 is 22.5 Å². The zero-order chi connectivity index (χ0) is 75.4. The minimum Gasteiger partial charge on any atom is -0.481 e. The molecule has 0 radical (unpaired) electrons. The van der Waals surface area contributed by atoms with Gasteiger partial charge in [-0.1, -0.05) is 224 Å². The Morgan fingerprint density at radius 2 is 0.528 bits per heavy atom. The van der Waals surface area contributed by atoms with Gasteiger partial charge in [-0.25, -0.2) is 0 Å². The van der Waals surface area contributed by atoms with Crippen LogP contribution in [-0.2, 0) is 75.3 Å². The van der Waals surface area contributed by atoms with Crippen molar-refractivity contribution in [3.8, 4) is 33.4 Å². The molecule has 8 aromatic carbocycles. The molecule has 0 fully saturated rings. The fourth-order valence-corrected chi connectivity index (χ4v) is 12.1. The van der Waals surface area contributed by atoms with Crippen molar-refractivity contribution in [3.05, 3.63) is 252 Å². The molecular formula is C84H100N12O10. The maximum Gasteiger partial charge on any atom is 0.305 e. The zero-order valence-electron chi connectivity index (χ0n) is 60.7. The van der Waals surface area contributed by atoms with E-state index >= 15 is 9.59 Å². The molecular weight excluding hydrogens is 1340 g/mol. The number of carbonyl (C=O) groups is 9. The standard InChI is InChI=1S/C84H100N12O10/c1-89(49-39-67-27-33-73(34-28-67)70-21-11-4-12-22-70)77(98)58-94(54-44-84(105)106)79(100)61-91(51-40-65-17-7-2-8-18-65)78(99)60-93(53-43-69-31-37-75(38-32-69)72-25-15-6-16-26-72)81(102)64-96(56-47-87)83(104)62-92(52-41-66-19-9-3-10-20-66)80(101)63-95(55-46-86)82(103)59-90(76(97)57-88-48-45-85)50-42-68-29-35-74(36-30-68)71-23-13-5-14-24-71/h2-38,88H,39-64,85-87H2,1H3,(H,105,106). The first kappa shape index (κ1) is 80.5. The summed E-state index contributed by atoms with van der Waals surface area (Å²) in [6, 6.07) is 72.2. The Bertz CT molecular complexity index is 4070. The number of rotatable bonds is 43. The fraction of sp³-hybridized carbons (Fsp3) is 0.321. The maximum absolute atomic E-state index is 15.2. The highest BCUT2D eigenvalue weighted by Gasteiger charge is 2.31. The molecule has 22 heteroatoms. The van der Waals surface area contributed by atoms with Crippen LogP contribution in [0.4, 0.5) is 0 Å². The van der Waals surface area contributed by atoms with Crippen LogP contribution in [0.5, 0.6) is 0 Å². The zero-order valence-corrected chi connectivity index (χ0v) is 60.7. The first-order valence-electron chi connectivity index (χ1n) is 36.2. The molecule has 8 aromatic rings. The highest BCUT2D eigenvalue weighted by molar-refractivity contribution is 5.94. The Balaban J connectivity index is 1.01. The van der Waals surface area contributed by atoms with Crippen molar-refractivity contribution < 1.29 is 48.3 Å². The summed E-state index contributed by atoms with van der Waals surface area (Å²) in [6.07, 6.45) is 1.32. The van der Waals surface area contributed by atoms with Gasteiger partial charge in [-0.15, -0.1) is 0 Å². The molecule has 0 bridgehead atoms. The Kier molecular flexibility index (Phi) is 32.8. The summed E-state index contributed by atoms with van der Waals surface area (Å²) in [5.41, 5.74) is 28.7. The second-order valence-corrected chi connectivity index (χ2v) is 26.1. The summed E-state index contributed by atoms with van der Waals surface area (Å²) in [6.45, 7) is -3.12. The first-order chi connectivity index (χ1) is 51.5. The minimum absolute atomic E-state index is 0.00587. The molecule has 0 saturated heterocycles. The molecule has 8 amide bonds. The molecule has 0 aromatic heterocycles. The van der Waals surface area contributed by atoms with E-state index in [-0.39, 0.29) is 90.7 Å². The lowest BCUT2D eigenvalue weighted by atomic mass is 10.0. The summed E-state index contributed by atoms with van der Waals surface area (Å²) >= 11 is 0. The second kappa shape index (κ2) is 43.2. The molecule has 0 spiro atoms. The molecule has 0 heterocycles. The number of benzene rings is 8. The average Bonchev–Trinajstić information content (AvgIpc) is 0.879. The normalized spacial score (nSPS) is 10.9. The van der Waals surface area contributed by atoms with Gasteiger partial charge in [0.2, 0.25) is 47.3 Å². The molecule has 0 aliphatic heterocycles. The number of carbonyl (C=O) groups excluding carboxylic acids is 8.